The predicted octanol–water partition coefficient (Wildman–Crippen LogP) is 8.63. The van der Waals surface area contributed by atoms with Crippen LogP contribution in [-0.4, -0.2) is 4.98 Å². The van der Waals surface area contributed by atoms with Crippen molar-refractivity contribution in [2.24, 2.45) is 5.41 Å². The third-order valence-corrected chi connectivity index (χ3v) is 8.69. The van der Waals surface area contributed by atoms with E-state index in [0.29, 0.717) is 0 Å². The van der Waals surface area contributed by atoms with Gasteiger partial charge in [0.2, 0.25) is 0 Å². The van der Waals surface area contributed by atoms with Crippen LogP contribution >= 0.6 is 23.1 Å². The van der Waals surface area contributed by atoms with Gasteiger partial charge in [0, 0.05) is 35.7 Å². The number of pyridine rings is 1. The van der Waals surface area contributed by atoms with Crippen LogP contribution in [0.2, 0.25) is 0 Å². The average molecular weight is 426 g/mol. The molecule has 0 unspecified atom stereocenters. The Bertz CT molecular complexity index is 1480. The molecule has 148 valence electrons. The predicted molar refractivity (Wildman–Crippen MR) is 132 cm³/mol. The van der Waals surface area contributed by atoms with Crippen molar-refractivity contribution in [1.29, 1.82) is 0 Å². The molecule has 0 aliphatic carbocycles. The summed E-state index contributed by atoms with van der Waals surface area (Å²) in [6, 6.07) is 19.7. The smallest absolute Gasteiger partial charge is 0.0819 e. The van der Waals surface area contributed by atoms with Crippen LogP contribution in [0.4, 0.5) is 0 Å². The average Bonchev–Trinajstić information content (AvgIpc) is 3.06. The molecule has 0 fully saturated rings. The van der Waals surface area contributed by atoms with Crippen molar-refractivity contribution < 1.29 is 0 Å². The summed E-state index contributed by atoms with van der Waals surface area (Å²) < 4.78 is 1.40. The van der Waals surface area contributed by atoms with Crippen LogP contribution in [0.15, 0.2) is 64.4 Å². The largest absolute Gasteiger partial charge is 0.247 e. The normalized spacial score (nSPS) is 13.3. The summed E-state index contributed by atoms with van der Waals surface area (Å²) in [6.45, 7) is 9.28. The summed E-state index contributed by atoms with van der Waals surface area (Å²) >= 11 is 3.95. The zero-order valence-corrected chi connectivity index (χ0v) is 19.3. The molecule has 0 atom stereocenters. The Labute approximate surface area is 185 Å². The molecule has 0 spiro atoms. The lowest BCUT2D eigenvalue weighted by Gasteiger charge is -2.23. The Morgan fingerprint density at radius 3 is 2.43 bits per heavy atom. The maximum Gasteiger partial charge on any atom is 0.0819 e. The van der Waals surface area contributed by atoms with Crippen LogP contribution in [0.1, 0.15) is 31.2 Å². The first-order chi connectivity index (χ1) is 14.4. The van der Waals surface area contributed by atoms with Gasteiger partial charge in [-0.25, -0.2) is 4.98 Å². The van der Waals surface area contributed by atoms with Gasteiger partial charge in [0.05, 0.1) is 11.2 Å². The molecule has 0 radical (unpaired) electrons. The van der Waals surface area contributed by atoms with E-state index in [0.717, 1.165) is 17.6 Å². The van der Waals surface area contributed by atoms with Crippen molar-refractivity contribution >= 4 is 54.9 Å². The topological polar surface area (TPSA) is 12.9 Å². The van der Waals surface area contributed by atoms with Gasteiger partial charge < -0.3 is 0 Å². The lowest BCUT2D eigenvalue weighted by atomic mass is 9.91. The highest BCUT2D eigenvalue weighted by molar-refractivity contribution is 8.00. The number of thiophene rings is 1. The van der Waals surface area contributed by atoms with Gasteiger partial charge in [-0.05, 0) is 47.2 Å². The van der Waals surface area contributed by atoms with Gasteiger partial charge in [-0.2, -0.15) is 0 Å². The van der Waals surface area contributed by atoms with E-state index in [2.05, 4.69) is 82.3 Å². The van der Waals surface area contributed by atoms with Gasteiger partial charge in [0.25, 0.3) is 0 Å². The lowest BCUT2D eigenvalue weighted by Crippen LogP contribution is -2.08. The third-order valence-electron chi connectivity index (χ3n) is 5.95. The zero-order valence-electron chi connectivity index (χ0n) is 17.7. The molecule has 3 heterocycles. The van der Waals surface area contributed by atoms with Gasteiger partial charge in [-0.1, -0.05) is 75.0 Å². The van der Waals surface area contributed by atoms with Gasteiger partial charge in [0.1, 0.15) is 0 Å². The van der Waals surface area contributed by atoms with Crippen molar-refractivity contribution in [1.82, 2.24) is 4.98 Å². The molecule has 3 aromatic carbocycles. The highest BCUT2D eigenvalue weighted by Crippen LogP contribution is 2.55. The van der Waals surface area contributed by atoms with Crippen LogP contribution in [-0.2, 0) is 6.42 Å². The SMILES string of the molecule is Cc1c2c(cc3ccccc13)-c1nc3ccccc3c3sc(CC(C)(C)C)c(c13)S2. The zero-order chi connectivity index (χ0) is 20.6. The monoisotopic (exact) mass is 425 g/mol. The minimum atomic E-state index is 0.250. The summed E-state index contributed by atoms with van der Waals surface area (Å²) in [5, 5.41) is 5.29. The highest BCUT2D eigenvalue weighted by atomic mass is 32.2. The number of hydrogen-bond donors (Lipinski definition) is 0. The molecule has 0 N–H and O–H groups in total. The first-order valence-corrected chi connectivity index (χ1v) is 12.1. The van der Waals surface area contributed by atoms with Crippen molar-refractivity contribution in [2.45, 2.75) is 43.9 Å². The number of aryl methyl sites for hydroxylation is 1. The standard InChI is InChI=1S/C27H23NS2/c1-15-17-10-6-5-9-16(17)13-19-23-22-25(18-11-7-8-12-20(18)28-23)29-21(14-27(2,3)4)26(22)30-24(15)19/h5-13H,14H2,1-4H3. The summed E-state index contributed by atoms with van der Waals surface area (Å²) in [5.74, 6) is 0. The first kappa shape index (κ1) is 18.4. The lowest BCUT2D eigenvalue weighted by molar-refractivity contribution is 0.412. The van der Waals surface area contributed by atoms with Crippen LogP contribution in [0.5, 0.6) is 0 Å². The second kappa shape index (κ2) is 6.32. The maximum absolute atomic E-state index is 5.23. The molecule has 0 saturated carbocycles. The van der Waals surface area contributed by atoms with Crippen LogP contribution in [0.3, 0.4) is 0 Å². The molecule has 2 aromatic heterocycles. The Balaban J connectivity index is 1.77. The van der Waals surface area contributed by atoms with Gasteiger partial charge >= 0.3 is 0 Å². The number of benzene rings is 3. The van der Waals surface area contributed by atoms with Crippen LogP contribution in [0.25, 0.3) is 43.0 Å². The van der Waals surface area contributed by atoms with E-state index in [-0.39, 0.29) is 5.41 Å². The number of aromatic nitrogens is 1. The van der Waals surface area contributed by atoms with E-state index in [1.807, 2.05) is 23.1 Å². The highest BCUT2D eigenvalue weighted by Gasteiger charge is 2.29. The maximum atomic E-state index is 5.23. The van der Waals surface area contributed by atoms with Crippen molar-refractivity contribution in [2.75, 3.05) is 0 Å². The number of hydrogen-bond acceptors (Lipinski definition) is 3. The fraction of sp³-hybridized carbons (Fsp3) is 0.222. The minimum Gasteiger partial charge on any atom is -0.247 e. The molecule has 6 rings (SSSR count). The van der Waals surface area contributed by atoms with Crippen LogP contribution < -0.4 is 0 Å². The molecular weight excluding hydrogens is 402 g/mol. The molecule has 0 saturated heterocycles. The van der Waals surface area contributed by atoms with E-state index in [1.54, 1.807) is 0 Å². The third kappa shape index (κ3) is 2.65. The first-order valence-electron chi connectivity index (χ1n) is 10.5. The van der Waals surface area contributed by atoms with E-state index in [4.69, 9.17) is 4.98 Å². The van der Waals surface area contributed by atoms with E-state index in [1.165, 1.54) is 52.0 Å². The van der Waals surface area contributed by atoms with E-state index in [9.17, 15) is 0 Å². The molecular formula is C27H23NS2. The Hall–Kier alpha value is -2.36. The van der Waals surface area contributed by atoms with E-state index >= 15 is 0 Å². The molecule has 5 aromatic rings. The van der Waals surface area contributed by atoms with Gasteiger partial charge in [0.15, 0.2) is 0 Å². The van der Waals surface area contributed by atoms with Crippen molar-refractivity contribution in [3.05, 3.63) is 65.0 Å². The molecule has 1 aliphatic heterocycles. The molecule has 1 aliphatic rings. The Morgan fingerprint density at radius 2 is 1.63 bits per heavy atom. The summed E-state index contributed by atoms with van der Waals surface area (Å²) in [4.78, 5) is 9.53. The summed E-state index contributed by atoms with van der Waals surface area (Å²) in [6.07, 6.45) is 1.09. The van der Waals surface area contributed by atoms with Gasteiger partial charge in [-0.3, -0.25) is 0 Å². The Kier molecular flexibility index (Phi) is 3.88. The van der Waals surface area contributed by atoms with E-state index < -0.39 is 0 Å². The molecule has 0 amide bonds. The van der Waals surface area contributed by atoms with Crippen LogP contribution in [0, 0.1) is 12.3 Å². The van der Waals surface area contributed by atoms with Crippen molar-refractivity contribution in [3.63, 3.8) is 0 Å². The molecule has 30 heavy (non-hydrogen) atoms. The summed E-state index contributed by atoms with van der Waals surface area (Å²) in [7, 11) is 0. The second-order valence-electron chi connectivity index (χ2n) is 9.47. The quantitative estimate of drug-likeness (QED) is 0.261. The number of para-hydroxylation sites is 1. The number of nitrogens with zero attached hydrogens (tertiary/aromatic N) is 1. The second-order valence-corrected chi connectivity index (χ2v) is 11.6. The fourth-order valence-corrected chi connectivity index (χ4v) is 7.69. The van der Waals surface area contributed by atoms with Gasteiger partial charge in [-0.15, -0.1) is 11.3 Å². The fourth-order valence-electron chi connectivity index (χ4n) is 4.63. The number of rotatable bonds is 1. The molecule has 1 nitrogen and oxygen atoms in total. The molecule has 3 heteroatoms. The molecule has 0 bridgehead atoms. The summed E-state index contributed by atoms with van der Waals surface area (Å²) in [5.41, 5.74) is 5.17. The Morgan fingerprint density at radius 1 is 0.900 bits per heavy atom. The minimum absolute atomic E-state index is 0.250. The van der Waals surface area contributed by atoms with Crippen molar-refractivity contribution in [3.8, 4) is 11.3 Å². The number of fused-ring (bicyclic) bond motifs is 5.